The van der Waals surface area contributed by atoms with Crippen molar-refractivity contribution in [3.05, 3.63) is 29.8 Å². The highest BCUT2D eigenvalue weighted by Crippen LogP contribution is 2.15. The van der Waals surface area contributed by atoms with E-state index in [2.05, 4.69) is 5.32 Å². The first kappa shape index (κ1) is 15.9. The quantitative estimate of drug-likeness (QED) is 0.874. The molecule has 0 unspecified atom stereocenters. The number of rotatable bonds is 3. The molecule has 1 amide bonds. The van der Waals surface area contributed by atoms with Crippen molar-refractivity contribution in [2.24, 2.45) is 0 Å². The summed E-state index contributed by atoms with van der Waals surface area (Å²) in [6, 6.07) is 2.65. The Morgan fingerprint density at radius 2 is 1.95 bits per heavy atom. The molecule has 1 aromatic carbocycles. The molecule has 0 aromatic heterocycles. The minimum atomic E-state index is -0.643. The molecule has 1 heterocycles. The molecule has 0 spiro atoms. The highest BCUT2D eigenvalue weighted by Gasteiger charge is 2.33. The van der Waals surface area contributed by atoms with Crippen LogP contribution in [0.3, 0.4) is 0 Å². The number of carbonyl (C=O) groups is 1. The van der Waals surface area contributed by atoms with Gasteiger partial charge in [-0.2, -0.15) is 0 Å². The minimum absolute atomic E-state index is 0.0740. The maximum atomic E-state index is 13.6. The predicted molar refractivity (Wildman–Crippen MR) is 75.2 cm³/mol. The second-order valence-electron chi connectivity index (χ2n) is 5.66. The van der Waals surface area contributed by atoms with Gasteiger partial charge in [0.25, 0.3) is 5.91 Å². The maximum absolute atomic E-state index is 13.6. The van der Waals surface area contributed by atoms with E-state index >= 15 is 0 Å². The third kappa shape index (κ3) is 3.98. The molecule has 116 valence electrons. The second kappa shape index (κ2) is 6.49. The first-order valence-electron chi connectivity index (χ1n) is 7.12. The van der Waals surface area contributed by atoms with E-state index in [1.807, 2.05) is 13.8 Å². The monoisotopic (exact) mass is 299 g/mol. The lowest BCUT2D eigenvalue weighted by molar-refractivity contribution is -0.928. The van der Waals surface area contributed by atoms with Crippen molar-refractivity contribution in [3.63, 3.8) is 0 Å². The van der Waals surface area contributed by atoms with Gasteiger partial charge in [0, 0.05) is 6.07 Å². The Morgan fingerprint density at radius 1 is 1.33 bits per heavy atom. The summed E-state index contributed by atoms with van der Waals surface area (Å²) < 4.78 is 32.3. The molecule has 2 rings (SSSR count). The van der Waals surface area contributed by atoms with Crippen LogP contribution >= 0.6 is 0 Å². The molecule has 1 saturated heterocycles. The van der Waals surface area contributed by atoms with E-state index < -0.39 is 11.6 Å². The van der Waals surface area contributed by atoms with Gasteiger partial charge in [-0.05, 0) is 32.9 Å². The number of anilines is 1. The van der Waals surface area contributed by atoms with Crippen LogP contribution in [0.2, 0.25) is 0 Å². The van der Waals surface area contributed by atoms with Gasteiger partial charge in [-0.15, -0.1) is 0 Å². The third-order valence-electron chi connectivity index (χ3n) is 3.76. The maximum Gasteiger partial charge on any atom is 0.282 e. The molecular formula is C15H21F2N2O2+. The van der Waals surface area contributed by atoms with Crippen molar-refractivity contribution in [1.82, 2.24) is 0 Å². The Balaban J connectivity index is 2.04. The molecule has 21 heavy (non-hydrogen) atoms. The van der Waals surface area contributed by atoms with Gasteiger partial charge in [-0.1, -0.05) is 0 Å². The lowest BCUT2D eigenvalue weighted by Crippen LogP contribution is -3.19. The number of amides is 1. The van der Waals surface area contributed by atoms with Crippen molar-refractivity contribution in [2.45, 2.75) is 39.0 Å². The largest absolute Gasteiger partial charge is 0.364 e. The zero-order chi connectivity index (χ0) is 15.6. The summed E-state index contributed by atoms with van der Waals surface area (Å²) in [6.45, 7) is 7.14. The molecule has 3 atom stereocenters. The van der Waals surface area contributed by atoms with Gasteiger partial charge in [0.15, 0.2) is 6.04 Å². The summed E-state index contributed by atoms with van der Waals surface area (Å²) in [5.74, 6) is -1.55. The molecule has 6 heteroatoms. The standard InChI is InChI=1S/C15H20F2N2O2/c1-9-7-19(8-10(2)21-9)11(3)15(20)18-14-6-12(16)4-5-13(14)17/h4-6,9-11H,7-8H2,1-3H3,(H,18,20)/p+1/t9-,10-,11+/m1/s1. The van der Waals surface area contributed by atoms with Crippen molar-refractivity contribution in [1.29, 1.82) is 0 Å². The summed E-state index contributed by atoms with van der Waals surface area (Å²) in [5.41, 5.74) is -0.124. The van der Waals surface area contributed by atoms with Gasteiger partial charge in [0.05, 0.1) is 5.69 Å². The summed E-state index contributed by atoms with van der Waals surface area (Å²) >= 11 is 0. The Bertz CT molecular complexity index is 514. The summed E-state index contributed by atoms with van der Waals surface area (Å²) in [7, 11) is 0. The lowest BCUT2D eigenvalue weighted by Gasteiger charge is -2.35. The normalized spacial score (nSPS) is 27.2. The average Bonchev–Trinajstić information content (AvgIpc) is 2.41. The third-order valence-corrected chi connectivity index (χ3v) is 3.76. The van der Waals surface area contributed by atoms with Crippen LogP contribution in [-0.2, 0) is 9.53 Å². The first-order chi connectivity index (χ1) is 9.86. The number of nitrogens with one attached hydrogen (secondary N) is 2. The number of morpholine rings is 1. The summed E-state index contributed by atoms with van der Waals surface area (Å²) in [6.07, 6.45) is 0.148. The molecule has 4 nitrogen and oxygen atoms in total. The zero-order valence-corrected chi connectivity index (χ0v) is 12.5. The van der Waals surface area contributed by atoms with E-state index in [4.69, 9.17) is 4.74 Å². The van der Waals surface area contributed by atoms with Crippen LogP contribution in [0, 0.1) is 11.6 Å². The van der Waals surface area contributed by atoms with E-state index in [9.17, 15) is 13.6 Å². The fourth-order valence-corrected chi connectivity index (χ4v) is 2.69. The Hall–Kier alpha value is -1.53. The molecule has 0 radical (unpaired) electrons. The summed E-state index contributed by atoms with van der Waals surface area (Å²) in [5, 5.41) is 2.46. The van der Waals surface area contributed by atoms with E-state index in [-0.39, 0.29) is 29.8 Å². The number of carbonyl (C=O) groups excluding carboxylic acids is 1. The second-order valence-corrected chi connectivity index (χ2v) is 5.66. The fourth-order valence-electron chi connectivity index (χ4n) is 2.69. The Kier molecular flexibility index (Phi) is 4.90. The van der Waals surface area contributed by atoms with Crippen molar-refractivity contribution in [3.8, 4) is 0 Å². The zero-order valence-electron chi connectivity index (χ0n) is 12.5. The van der Waals surface area contributed by atoms with Crippen LogP contribution in [0.1, 0.15) is 20.8 Å². The Labute approximate surface area is 123 Å². The molecular weight excluding hydrogens is 278 g/mol. The molecule has 1 aliphatic heterocycles. The number of quaternary nitrogens is 1. The van der Waals surface area contributed by atoms with E-state index in [1.54, 1.807) is 6.92 Å². The predicted octanol–water partition coefficient (Wildman–Crippen LogP) is 0.984. The highest BCUT2D eigenvalue weighted by atomic mass is 19.1. The topological polar surface area (TPSA) is 42.8 Å². The van der Waals surface area contributed by atoms with Crippen molar-refractivity contribution >= 4 is 11.6 Å². The number of halogens is 2. The summed E-state index contributed by atoms with van der Waals surface area (Å²) in [4.78, 5) is 13.3. The van der Waals surface area contributed by atoms with Crippen LogP contribution < -0.4 is 10.2 Å². The lowest BCUT2D eigenvalue weighted by atomic mass is 10.1. The van der Waals surface area contributed by atoms with Crippen LogP contribution in [-0.4, -0.2) is 37.2 Å². The first-order valence-corrected chi connectivity index (χ1v) is 7.12. The van der Waals surface area contributed by atoms with Crippen LogP contribution in [0.4, 0.5) is 14.5 Å². The molecule has 0 saturated carbocycles. The van der Waals surface area contributed by atoms with E-state index in [1.165, 1.54) is 0 Å². The molecule has 1 aromatic rings. The molecule has 1 fully saturated rings. The number of ether oxygens (including phenoxy) is 1. The van der Waals surface area contributed by atoms with Gasteiger partial charge in [0.2, 0.25) is 0 Å². The average molecular weight is 299 g/mol. The van der Waals surface area contributed by atoms with Gasteiger partial charge in [0.1, 0.15) is 36.9 Å². The van der Waals surface area contributed by atoms with Crippen molar-refractivity contribution in [2.75, 3.05) is 18.4 Å². The molecule has 2 N–H and O–H groups in total. The van der Waals surface area contributed by atoms with Crippen LogP contribution in [0.15, 0.2) is 18.2 Å². The SMILES string of the molecule is C[C@@H]1C[NH+]([C@@H](C)C(=O)Nc2cc(F)ccc2F)C[C@@H](C)O1. The van der Waals surface area contributed by atoms with Gasteiger partial charge in [-0.3, -0.25) is 4.79 Å². The molecule has 0 aliphatic carbocycles. The highest BCUT2D eigenvalue weighted by molar-refractivity contribution is 5.93. The van der Waals surface area contributed by atoms with Gasteiger partial charge < -0.3 is 15.0 Å². The molecule has 0 bridgehead atoms. The Morgan fingerprint density at radius 3 is 2.57 bits per heavy atom. The van der Waals surface area contributed by atoms with Crippen LogP contribution in [0.25, 0.3) is 0 Å². The van der Waals surface area contributed by atoms with E-state index in [0.717, 1.165) is 23.1 Å². The van der Waals surface area contributed by atoms with Crippen molar-refractivity contribution < 1.29 is 23.2 Å². The number of benzene rings is 1. The number of hydrogen-bond acceptors (Lipinski definition) is 2. The smallest absolute Gasteiger partial charge is 0.282 e. The van der Waals surface area contributed by atoms with E-state index in [0.29, 0.717) is 13.1 Å². The van der Waals surface area contributed by atoms with Gasteiger partial charge >= 0.3 is 0 Å². The fraction of sp³-hybridized carbons (Fsp3) is 0.533. The minimum Gasteiger partial charge on any atom is -0.364 e. The molecule has 1 aliphatic rings. The van der Waals surface area contributed by atoms with Gasteiger partial charge in [-0.25, -0.2) is 8.78 Å². The number of hydrogen-bond donors (Lipinski definition) is 2. The van der Waals surface area contributed by atoms with Crippen LogP contribution in [0.5, 0.6) is 0 Å².